The number of aliphatic carboxylic acids is 1. The van der Waals surface area contributed by atoms with Crippen LogP contribution in [-0.2, 0) is 28.9 Å². The van der Waals surface area contributed by atoms with E-state index in [2.05, 4.69) is 9.78 Å². The minimum absolute atomic E-state index is 0.164. The van der Waals surface area contributed by atoms with Crippen LogP contribution in [0.1, 0.15) is 19.8 Å². The van der Waals surface area contributed by atoms with Crippen molar-refractivity contribution in [2.75, 3.05) is 6.61 Å². The van der Waals surface area contributed by atoms with Crippen LogP contribution in [0.4, 0.5) is 0 Å². The average Bonchev–Trinajstić information content (AvgIpc) is 2.15. The molecule has 0 saturated carbocycles. The van der Waals surface area contributed by atoms with Crippen molar-refractivity contribution >= 4 is 17.9 Å². The number of carbonyl (C=O) groups is 3. The fourth-order valence-corrected chi connectivity index (χ4v) is 1.22. The molecule has 1 aliphatic heterocycles. The van der Waals surface area contributed by atoms with Gasteiger partial charge in [0, 0.05) is 0 Å². The molecule has 1 saturated heterocycles. The summed E-state index contributed by atoms with van der Waals surface area (Å²) in [7, 11) is 0. The highest BCUT2D eigenvalue weighted by Gasteiger charge is 2.43. The monoisotopic (exact) mass is 248 g/mol. The summed E-state index contributed by atoms with van der Waals surface area (Å²) >= 11 is 0. The number of carboxylic acids is 1. The molecule has 1 rings (SSSR count). The van der Waals surface area contributed by atoms with Crippen molar-refractivity contribution in [3.8, 4) is 0 Å². The third kappa shape index (κ3) is 3.68. The van der Waals surface area contributed by atoms with Gasteiger partial charge in [0.25, 0.3) is 0 Å². The molecule has 17 heavy (non-hydrogen) atoms. The molecule has 2 atom stereocenters. The molecule has 96 valence electrons. The SMILES string of the molecule is CC1COOC(=O)CC(O)(C(=O)O)CC(=O)O1. The van der Waals surface area contributed by atoms with Crippen molar-refractivity contribution in [3.63, 3.8) is 0 Å². The molecule has 0 spiro atoms. The highest BCUT2D eigenvalue weighted by molar-refractivity contribution is 5.88. The second-order valence-electron chi connectivity index (χ2n) is 3.73. The number of hydrogen-bond donors (Lipinski definition) is 2. The van der Waals surface area contributed by atoms with Crippen LogP contribution >= 0.6 is 0 Å². The van der Waals surface area contributed by atoms with Crippen molar-refractivity contribution in [2.45, 2.75) is 31.5 Å². The number of aliphatic hydroxyl groups is 1. The zero-order chi connectivity index (χ0) is 13.1. The Morgan fingerprint density at radius 2 is 1.94 bits per heavy atom. The zero-order valence-corrected chi connectivity index (χ0v) is 9.04. The van der Waals surface area contributed by atoms with Crippen molar-refractivity contribution in [1.82, 2.24) is 0 Å². The first-order valence-electron chi connectivity index (χ1n) is 4.81. The van der Waals surface area contributed by atoms with E-state index in [-0.39, 0.29) is 6.61 Å². The second-order valence-corrected chi connectivity index (χ2v) is 3.73. The number of carboxylic acid groups (broad SMARTS) is 1. The van der Waals surface area contributed by atoms with Crippen molar-refractivity contribution in [2.24, 2.45) is 0 Å². The van der Waals surface area contributed by atoms with Gasteiger partial charge >= 0.3 is 17.9 Å². The van der Waals surface area contributed by atoms with Crippen LogP contribution in [0.2, 0.25) is 0 Å². The first kappa shape index (κ1) is 13.4. The molecule has 0 amide bonds. The number of cyclic esters (lactones) is 1. The lowest BCUT2D eigenvalue weighted by Crippen LogP contribution is -2.44. The third-order valence-corrected chi connectivity index (χ3v) is 2.06. The summed E-state index contributed by atoms with van der Waals surface area (Å²) in [5.41, 5.74) is -2.55. The molecule has 0 aromatic carbocycles. The maximum Gasteiger partial charge on any atom is 0.345 e. The normalized spacial score (nSPS) is 31.3. The van der Waals surface area contributed by atoms with Crippen molar-refractivity contribution in [1.29, 1.82) is 0 Å². The molecule has 1 aliphatic rings. The Bertz CT molecular complexity index is 338. The van der Waals surface area contributed by atoms with E-state index >= 15 is 0 Å². The smallest absolute Gasteiger partial charge is 0.345 e. The van der Waals surface area contributed by atoms with Crippen LogP contribution in [0.25, 0.3) is 0 Å². The van der Waals surface area contributed by atoms with Gasteiger partial charge in [-0.15, -0.1) is 0 Å². The van der Waals surface area contributed by atoms with E-state index in [4.69, 9.17) is 9.84 Å². The quantitative estimate of drug-likeness (QED) is 0.448. The minimum Gasteiger partial charge on any atom is -0.479 e. The van der Waals surface area contributed by atoms with E-state index in [9.17, 15) is 19.5 Å². The fourth-order valence-electron chi connectivity index (χ4n) is 1.22. The van der Waals surface area contributed by atoms with E-state index in [1.807, 2.05) is 0 Å². The largest absolute Gasteiger partial charge is 0.479 e. The van der Waals surface area contributed by atoms with Gasteiger partial charge in [-0.2, -0.15) is 4.89 Å². The molecular formula is C9H12O8. The van der Waals surface area contributed by atoms with Gasteiger partial charge in [0.1, 0.15) is 12.7 Å². The standard InChI is InChI=1S/C9H12O8/c1-5-4-15-17-7(11)3-9(14,8(12)13)2-6(10)16-5/h5,14H,2-4H2,1H3,(H,12,13). The second kappa shape index (κ2) is 5.11. The highest BCUT2D eigenvalue weighted by atomic mass is 17.2. The molecule has 8 nitrogen and oxygen atoms in total. The minimum atomic E-state index is -2.55. The van der Waals surface area contributed by atoms with Crippen LogP contribution < -0.4 is 0 Å². The summed E-state index contributed by atoms with van der Waals surface area (Å²) in [5, 5.41) is 18.4. The summed E-state index contributed by atoms with van der Waals surface area (Å²) in [6, 6.07) is 0. The fraction of sp³-hybridized carbons (Fsp3) is 0.667. The van der Waals surface area contributed by atoms with Gasteiger partial charge in [-0.25, -0.2) is 9.59 Å². The zero-order valence-electron chi connectivity index (χ0n) is 9.04. The number of esters is 1. The number of rotatable bonds is 1. The van der Waals surface area contributed by atoms with Crippen LogP contribution in [0, 0.1) is 0 Å². The van der Waals surface area contributed by atoms with Gasteiger partial charge in [-0.05, 0) is 6.92 Å². The highest BCUT2D eigenvalue weighted by Crippen LogP contribution is 2.19. The Balaban J connectivity index is 2.86. The van der Waals surface area contributed by atoms with Gasteiger partial charge < -0.3 is 14.9 Å². The Morgan fingerprint density at radius 1 is 1.35 bits per heavy atom. The van der Waals surface area contributed by atoms with Crippen molar-refractivity contribution < 1.29 is 39.1 Å². The molecule has 1 fully saturated rings. The van der Waals surface area contributed by atoms with Crippen LogP contribution in [0.5, 0.6) is 0 Å². The topological polar surface area (TPSA) is 119 Å². The number of ether oxygens (including phenoxy) is 1. The Morgan fingerprint density at radius 3 is 2.53 bits per heavy atom. The number of carbonyl (C=O) groups excluding carboxylic acids is 2. The molecule has 2 N–H and O–H groups in total. The lowest BCUT2D eigenvalue weighted by atomic mass is 9.96. The molecule has 0 aromatic rings. The molecule has 8 heteroatoms. The summed E-state index contributed by atoms with van der Waals surface area (Å²) in [6.07, 6.45) is -2.44. The molecular weight excluding hydrogens is 236 g/mol. The average molecular weight is 248 g/mol. The van der Waals surface area contributed by atoms with Crippen LogP contribution in [0.3, 0.4) is 0 Å². The predicted molar refractivity (Wildman–Crippen MR) is 49.4 cm³/mol. The van der Waals surface area contributed by atoms with Crippen molar-refractivity contribution in [3.05, 3.63) is 0 Å². The Hall–Kier alpha value is -1.67. The lowest BCUT2D eigenvalue weighted by Gasteiger charge is -2.23. The molecule has 2 unspecified atom stereocenters. The van der Waals surface area contributed by atoms with E-state index in [1.165, 1.54) is 6.92 Å². The summed E-state index contributed by atoms with van der Waals surface area (Å²) in [6.45, 7) is 1.30. The van der Waals surface area contributed by atoms with E-state index in [0.29, 0.717) is 0 Å². The van der Waals surface area contributed by atoms with Gasteiger partial charge in [-0.1, -0.05) is 0 Å². The maximum absolute atomic E-state index is 11.3. The lowest BCUT2D eigenvalue weighted by molar-refractivity contribution is -0.286. The van der Waals surface area contributed by atoms with Gasteiger partial charge in [0.2, 0.25) is 0 Å². The molecule has 0 radical (unpaired) electrons. The Kier molecular flexibility index (Phi) is 4.02. The Labute approximate surface area is 96.0 Å². The van der Waals surface area contributed by atoms with E-state index in [0.717, 1.165) is 0 Å². The molecule has 1 heterocycles. The summed E-state index contributed by atoms with van der Waals surface area (Å²) in [4.78, 5) is 41.8. The molecule has 0 bridgehead atoms. The molecule has 0 aliphatic carbocycles. The third-order valence-electron chi connectivity index (χ3n) is 2.06. The first-order valence-corrected chi connectivity index (χ1v) is 4.81. The first-order chi connectivity index (χ1) is 7.83. The van der Waals surface area contributed by atoms with Crippen LogP contribution in [0.15, 0.2) is 0 Å². The van der Waals surface area contributed by atoms with Crippen LogP contribution in [-0.4, -0.2) is 46.4 Å². The summed E-state index contributed by atoms with van der Waals surface area (Å²) < 4.78 is 4.73. The molecule has 0 aromatic heterocycles. The van der Waals surface area contributed by atoms with Gasteiger partial charge in [0.05, 0.1) is 12.8 Å². The maximum atomic E-state index is 11.3. The van der Waals surface area contributed by atoms with E-state index in [1.54, 1.807) is 0 Å². The van der Waals surface area contributed by atoms with Gasteiger partial charge in [0.15, 0.2) is 5.60 Å². The van der Waals surface area contributed by atoms with E-state index < -0.39 is 42.5 Å². The summed E-state index contributed by atoms with van der Waals surface area (Å²) in [5.74, 6) is -3.71. The predicted octanol–water partition coefficient (Wildman–Crippen LogP) is -0.998. The van der Waals surface area contributed by atoms with Gasteiger partial charge in [-0.3, -0.25) is 9.68 Å². The number of hydrogen-bond acceptors (Lipinski definition) is 7.